The first-order valence-corrected chi connectivity index (χ1v) is 9.62. The second kappa shape index (κ2) is 5.90. The Labute approximate surface area is 139 Å². The summed E-state index contributed by atoms with van der Waals surface area (Å²) < 4.78 is 62.1. The quantitative estimate of drug-likeness (QED) is 0.565. The normalized spacial score (nSPS) is 12.2. The summed E-state index contributed by atoms with van der Waals surface area (Å²) in [7, 11) is -8.67. The van der Waals surface area contributed by atoms with E-state index in [9.17, 15) is 21.4 Å². The molecule has 0 aliphatic heterocycles. The molecular weight excluding hydrogens is 352 g/mol. The zero-order valence-electron chi connectivity index (χ0n) is 12.2. The van der Waals surface area contributed by atoms with Gasteiger partial charge >= 0.3 is 10.1 Å². The van der Waals surface area contributed by atoms with E-state index in [0.29, 0.717) is 5.39 Å². The number of benzene rings is 3. The molecule has 0 fully saturated rings. The van der Waals surface area contributed by atoms with E-state index >= 15 is 0 Å². The summed E-state index contributed by atoms with van der Waals surface area (Å²) in [4.78, 5) is -0.481. The molecule has 8 heteroatoms. The standard InChI is InChI=1S/C16H12O6S2/c17-23(18,19)16-11-13(10-12-6-4-5-9-15(12)16)22-24(20,21)14-7-2-1-3-8-14/h1-11H,(H,17,18,19). The fraction of sp³-hybridized carbons (Fsp3) is 0. The Kier molecular flexibility index (Phi) is 4.04. The van der Waals surface area contributed by atoms with Gasteiger partial charge in [-0.05, 0) is 23.6 Å². The molecule has 6 nitrogen and oxygen atoms in total. The molecule has 3 rings (SSSR count). The average molecular weight is 364 g/mol. The van der Waals surface area contributed by atoms with Crippen LogP contribution in [0.4, 0.5) is 0 Å². The van der Waals surface area contributed by atoms with E-state index in [1.54, 1.807) is 36.4 Å². The zero-order chi connectivity index (χ0) is 17.4. The van der Waals surface area contributed by atoms with E-state index in [-0.39, 0.29) is 16.0 Å². The summed E-state index contributed by atoms with van der Waals surface area (Å²) >= 11 is 0. The predicted molar refractivity (Wildman–Crippen MR) is 88.0 cm³/mol. The van der Waals surface area contributed by atoms with E-state index in [0.717, 1.165) is 6.07 Å². The molecule has 3 aromatic carbocycles. The summed E-state index contributed by atoms with van der Waals surface area (Å²) in [5.41, 5.74) is 0. The molecule has 0 aliphatic carbocycles. The molecule has 0 heterocycles. The topological polar surface area (TPSA) is 97.7 Å². The maximum Gasteiger partial charge on any atom is 0.339 e. The third kappa shape index (κ3) is 3.25. The lowest BCUT2D eigenvalue weighted by Gasteiger charge is -2.10. The molecule has 3 aromatic rings. The summed E-state index contributed by atoms with van der Waals surface area (Å²) in [6, 6.07) is 16.2. The SMILES string of the molecule is O=S(=O)(O)c1cc(OS(=O)(=O)c2ccccc2)cc2ccccc12. The van der Waals surface area contributed by atoms with Crippen LogP contribution in [-0.4, -0.2) is 21.4 Å². The highest BCUT2D eigenvalue weighted by molar-refractivity contribution is 7.87. The van der Waals surface area contributed by atoms with Gasteiger partial charge in [0.25, 0.3) is 10.1 Å². The Balaban J connectivity index is 2.15. The van der Waals surface area contributed by atoms with Crippen LogP contribution in [0.3, 0.4) is 0 Å². The molecule has 1 N–H and O–H groups in total. The van der Waals surface area contributed by atoms with Crippen LogP contribution in [0.25, 0.3) is 10.8 Å². The van der Waals surface area contributed by atoms with Crippen molar-refractivity contribution in [2.24, 2.45) is 0 Å². The van der Waals surface area contributed by atoms with Gasteiger partial charge in [-0.3, -0.25) is 4.55 Å². The largest absolute Gasteiger partial charge is 0.379 e. The van der Waals surface area contributed by atoms with Gasteiger partial charge in [-0.25, -0.2) is 0 Å². The highest BCUT2D eigenvalue weighted by atomic mass is 32.2. The van der Waals surface area contributed by atoms with Crippen LogP contribution in [-0.2, 0) is 20.2 Å². The Bertz CT molecular complexity index is 1100. The summed E-state index contributed by atoms with van der Waals surface area (Å²) in [6.07, 6.45) is 0. The summed E-state index contributed by atoms with van der Waals surface area (Å²) in [5.74, 6) is -0.204. The summed E-state index contributed by atoms with van der Waals surface area (Å²) in [6.45, 7) is 0. The van der Waals surface area contributed by atoms with Gasteiger partial charge in [-0.2, -0.15) is 16.8 Å². The second-order valence-corrected chi connectivity index (χ2v) is 7.90. The van der Waals surface area contributed by atoms with E-state index in [1.807, 2.05) is 0 Å². The van der Waals surface area contributed by atoms with E-state index in [2.05, 4.69) is 0 Å². The number of hydrogen-bond acceptors (Lipinski definition) is 5. The van der Waals surface area contributed by atoms with Gasteiger partial charge in [0, 0.05) is 11.5 Å². The number of rotatable bonds is 4. The molecule has 0 bridgehead atoms. The third-order valence-electron chi connectivity index (χ3n) is 3.31. The fourth-order valence-corrected chi connectivity index (χ4v) is 3.94. The van der Waals surface area contributed by atoms with Crippen molar-refractivity contribution in [3.63, 3.8) is 0 Å². The van der Waals surface area contributed by atoms with Crippen molar-refractivity contribution in [3.8, 4) is 5.75 Å². The van der Waals surface area contributed by atoms with Crippen LogP contribution >= 0.6 is 0 Å². The van der Waals surface area contributed by atoms with Gasteiger partial charge in [-0.15, -0.1) is 0 Å². The van der Waals surface area contributed by atoms with Crippen molar-refractivity contribution in [1.29, 1.82) is 0 Å². The van der Waals surface area contributed by atoms with Crippen LogP contribution in [0.2, 0.25) is 0 Å². The minimum Gasteiger partial charge on any atom is -0.379 e. The van der Waals surface area contributed by atoms with Gasteiger partial charge in [0.1, 0.15) is 15.5 Å². The molecule has 0 unspecified atom stereocenters. The van der Waals surface area contributed by atoms with Crippen molar-refractivity contribution < 1.29 is 25.6 Å². The van der Waals surface area contributed by atoms with Crippen molar-refractivity contribution >= 4 is 31.0 Å². The Morgan fingerprint density at radius 3 is 2.08 bits per heavy atom. The third-order valence-corrected chi connectivity index (χ3v) is 5.47. The van der Waals surface area contributed by atoms with Gasteiger partial charge in [-0.1, -0.05) is 42.5 Å². The molecule has 0 amide bonds. The minimum absolute atomic E-state index is 0.0634. The first kappa shape index (κ1) is 16.4. The van der Waals surface area contributed by atoms with Crippen molar-refractivity contribution in [1.82, 2.24) is 0 Å². The molecule has 0 saturated carbocycles. The van der Waals surface area contributed by atoms with Crippen LogP contribution in [0.15, 0.2) is 76.5 Å². The molecule has 124 valence electrons. The van der Waals surface area contributed by atoms with E-state index in [4.69, 9.17) is 4.18 Å². The lowest BCUT2D eigenvalue weighted by atomic mass is 10.1. The highest BCUT2D eigenvalue weighted by Gasteiger charge is 2.20. The monoisotopic (exact) mass is 364 g/mol. The highest BCUT2D eigenvalue weighted by Crippen LogP contribution is 2.30. The van der Waals surface area contributed by atoms with Crippen molar-refractivity contribution in [2.75, 3.05) is 0 Å². The van der Waals surface area contributed by atoms with Gasteiger partial charge < -0.3 is 4.18 Å². The molecule has 0 spiro atoms. The number of fused-ring (bicyclic) bond motifs is 1. The Morgan fingerprint density at radius 1 is 0.792 bits per heavy atom. The van der Waals surface area contributed by atoms with Gasteiger partial charge in [0.2, 0.25) is 0 Å². The minimum atomic E-state index is -4.55. The van der Waals surface area contributed by atoms with Gasteiger partial charge in [0.15, 0.2) is 0 Å². The average Bonchev–Trinajstić information content (AvgIpc) is 2.54. The van der Waals surface area contributed by atoms with Crippen LogP contribution in [0.5, 0.6) is 5.75 Å². The van der Waals surface area contributed by atoms with Crippen LogP contribution < -0.4 is 4.18 Å². The Hall–Kier alpha value is -2.42. The lowest BCUT2D eigenvalue weighted by molar-refractivity contribution is 0.476. The van der Waals surface area contributed by atoms with E-state index < -0.39 is 25.1 Å². The molecular formula is C16H12O6S2. The Morgan fingerprint density at radius 2 is 1.42 bits per heavy atom. The molecule has 24 heavy (non-hydrogen) atoms. The first-order valence-electron chi connectivity index (χ1n) is 6.77. The smallest absolute Gasteiger partial charge is 0.339 e. The van der Waals surface area contributed by atoms with Crippen LogP contribution in [0.1, 0.15) is 0 Å². The number of hydrogen-bond donors (Lipinski definition) is 1. The second-order valence-electron chi connectivity index (χ2n) is 4.97. The van der Waals surface area contributed by atoms with Gasteiger partial charge in [0.05, 0.1) is 0 Å². The molecule has 0 saturated heterocycles. The van der Waals surface area contributed by atoms with Crippen molar-refractivity contribution in [3.05, 3.63) is 66.7 Å². The molecule has 0 atom stereocenters. The maximum atomic E-state index is 12.3. The molecule has 0 aliphatic rings. The first-order chi connectivity index (χ1) is 11.3. The predicted octanol–water partition coefficient (Wildman–Crippen LogP) is 2.85. The van der Waals surface area contributed by atoms with Crippen LogP contribution in [0, 0.1) is 0 Å². The molecule has 0 radical (unpaired) electrons. The zero-order valence-corrected chi connectivity index (χ0v) is 13.8. The fourth-order valence-electron chi connectivity index (χ4n) is 2.27. The van der Waals surface area contributed by atoms with E-state index in [1.165, 1.54) is 24.3 Å². The van der Waals surface area contributed by atoms with Crippen molar-refractivity contribution in [2.45, 2.75) is 9.79 Å². The molecule has 0 aromatic heterocycles. The lowest BCUT2D eigenvalue weighted by Crippen LogP contribution is -2.10. The summed E-state index contributed by atoms with van der Waals surface area (Å²) in [5, 5.41) is 0.690. The maximum absolute atomic E-state index is 12.3.